The number of ether oxygens (including phenoxy) is 1. The molecule has 0 aliphatic carbocycles. The van der Waals surface area contributed by atoms with Gasteiger partial charge in [0, 0.05) is 0 Å². The van der Waals surface area contributed by atoms with Crippen LogP contribution in [0.3, 0.4) is 0 Å². The third kappa shape index (κ3) is 2.55. The fraction of sp³-hybridized carbons (Fsp3) is 0.364. The minimum atomic E-state index is -1.22. The van der Waals surface area contributed by atoms with E-state index in [0.29, 0.717) is 0 Å². The van der Waals surface area contributed by atoms with Crippen molar-refractivity contribution < 1.29 is 20.1 Å². The Morgan fingerprint density at radius 2 is 1.94 bits per heavy atom. The normalized spacial score (nSPS) is 30.3. The summed E-state index contributed by atoms with van der Waals surface area (Å²) < 4.78 is 5.09. The van der Waals surface area contributed by atoms with E-state index in [0.717, 1.165) is 5.69 Å². The van der Waals surface area contributed by atoms with Crippen molar-refractivity contribution in [1.29, 1.82) is 0 Å². The van der Waals surface area contributed by atoms with Crippen LogP contribution in [0.5, 0.6) is 0 Å². The van der Waals surface area contributed by atoms with E-state index in [2.05, 4.69) is 10.5 Å². The maximum absolute atomic E-state index is 9.58. The van der Waals surface area contributed by atoms with Gasteiger partial charge < -0.3 is 20.1 Å². The molecule has 2 rings (SSSR count). The van der Waals surface area contributed by atoms with Gasteiger partial charge in [-0.1, -0.05) is 18.2 Å². The predicted octanol–water partition coefficient (Wildman–Crippen LogP) is -0.475. The largest absolute Gasteiger partial charge is 0.469 e. The summed E-state index contributed by atoms with van der Waals surface area (Å²) in [6.07, 6.45) is -3.21. The molecule has 0 saturated carbocycles. The smallest absolute Gasteiger partial charge is 0.238 e. The Morgan fingerprint density at radius 3 is 2.53 bits per heavy atom. The first kappa shape index (κ1) is 11.8. The van der Waals surface area contributed by atoms with Crippen LogP contribution in [0.25, 0.3) is 0 Å². The van der Waals surface area contributed by atoms with Crippen LogP contribution in [0.4, 0.5) is 5.69 Å². The Kier molecular flexibility index (Phi) is 3.58. The molecule has 0 spiro atoms. The van der Waals surface area contributed by atoms with Gasteiger partial charge in [-0.05, 0) is 12.1 Å². The lowest BCUT2D eigenvalue weighted by Gasteiger charge is -2.08. The maximum Gasteiger partial charge on any atom is 0.238 e. The van der Waals surface area contributed by atoms with Crippen molar-refractivity contribution in [3.63, 3.8) is 0 Å². The molecule has 0 aromatic heterocycles. The topological polar surface area (TPSA) is 94.3 Å². The number of anilines is 1. The molecular weight excluding hydrogens is 224 g/mol. The Labute approximate surface area is 98.2 Å². The number of rotatable bonds is 3. The number of aliphatic hydroxyl groups excluding tert-OH is 3. The maximum atomic E-state index is 9.58. The Bertz CT molecular complexity index is 396. The summed E-state index contributed by atoms with van der Waals surface area (Å²) in [4.78, 5) is 0. The van der Waals surface area contributed by atoms with Crippen LogP contribution in [-0.2, 0) is 4.74 Å². The van der Waals surface area contributed by atoms with Gasteiger partial charge in [0.25, 0.3) is 0 Å². The summed E-state index contributed by atoms with van der Waals surface area (Å²) in [5.41, 5.74) is 3.43. The van der Waals surface area contributed by atoms with Gasteiger partial charge in [0.15, 0.2) is 12.2 Å². The number of hydrogen-bond donors (Lipinski definition) is 4. The molecule has 17 heavy (non-hydrogen) atoms. The van der Waals surface area contributed by atoms with E-state index in [4.69, 9.17) is 9.84 Å². The Balaban J connectivity index is 2.03. The Hall–Kier alpha value is -1.63. The summed E-state index contributed by atoms with van der Waals surface area (Å²) in [6.45, 7) is -0.372. The van der Waals surface area contributed by atoms with Crippen LogP contribution in [0.2, 0.25) is 0 Å². The summed E-state index contributed by atoms with van der Waals surface area (Å²) in [5, 5.41) is 31.8. The third-order valence-electron chi connectivity index (χ3n) is 2.48. The second-order valence-electron chi connectivity index (χ2n) is 3.70. The molecule has 0 radical (unpaired) electrons. The average Bonchev–Trinajstić information content (AvgIpc) is 2.65. The zero-order valence-corrected chi connectivity index (χ0v) is 9.02. The molecule has 1 aliphatic heterocycles. The van der Waals surface area contributed by atoms with E-state index < -0.39 is 18.3 Å². The molecule has 1 aromatic rings. The molecule has 1 fully saturated rings. The summed E-state index contributed by atoms with van der Waals surface area (Å²) in [7, 11) is 0. The molecule has 6 nitrogen and oxygen atoms in total. The molecule has 4 N–H and O–H groups in total. The lowest BCUT2D eigenvalue weighted by molar-refractivity contribution is -0.00132. The highest BCUT2D eigenvalue weighted by atomic mass is 16.6. The van der Waals surface area contributed by atoms with E-state index in [1.165, 1.54) is 0 Å². The highest BCUT2D eigenvalue weighted by Gasteiger charge is 2.40. The van der Waals surface area contributed by atoms with Crippen molar-refractivity contribution in [2.45, 2.75) is 18.3 Å². The lowest BCUT2D eigenvalue weighted by atomic mass is 10.1. The van der Waals surface area contributed by atoms with Crippen LogP contribution >= 0.6 is 0 Å². The number of para-hydroxylation sites is 1. The van der Waals surface area contributed by atoms with Gasteiger partial charge in [-0.2, -0.15) is 0 Å². The van der Waals surface area contributed by atoms with E-state index >= 15 is 0 Å². The number of hydrazone groups is 1. The summed E-state index contributed by atoms with van der Waals surface area (Å²) in [6, 6.07) is 9.13. The lowest BCUT2D eigenvalue weighted by Crippen LogP contribution is -2.32. The molecule has 3 atom stereocenters. The zero-order valence-electron chi connectivity index (χ0n) is 9.02. The van der Waals surface area contributed by atoms with Gasteiger partial charge in [0.2, 0.25) is 5.90 Å². The Morgan fingerprint density at radius 1 is 1.24 bits per heavy atom. The minimum absolute atomic E-state index is 0.0274. The van der Waals surface area contributed by atoms with Crippen molar-refractivity contribution in [1.82, 2.24) is 0 Å². The highest BCUT2D eigenvalue weighted by Crippen LogP contribution is 2.17. The predicted molar refractivity (Wildman–Crippen MR) is 61.5 cm³/mol. The monoisotopic (exact) mass is 238 g/mol. The van der Waals surface area contributed by atoms with Crippen LogP contribution in [0, 0.1) is 0 Å². The third-order valence-corrected chi connectivity index (χ3v) is 2.48. The van der Waals surface area contributed by atoms with Crippen LogP contribution in [0.15, 0.2) is 35.4 Å². The van der Waals surface area contributed by atoms with Gasteiger partial charge in [-0.15, -0.1) is 5.10 Å². The SMILES string of the molecule is OC[C@@H]1OC(=NNc2ccccc2)[C@H](O)[C@H]1O. The summed E-state index contributed by atoms with van der Waals surface area (Å²) >= 11 is 0. The molecule has 6 heteroatoms. The van der Waals surface area contributed by atoms with Gasteiger partial charge in [-0.25, -0.2) is 0 Å². The van der Waals surface area contributed by atoms with Gasteiger partial charge >= 0.3 is 0 Å². The van der Waals surface area contributed by atoms with E-state index in [1.807, 2.05) is 18.2 Å². The molecule has 0 unspecified atom stereocenters. The van der Waals surface area contributed by atoms with E-state index in [9.17, 15) is 10.2 Å². The average molecular weight is 238 g/mol. The molecular formula is C11H14N2O4. The number of aliphatic hydroxyl groups is 3. The van der Waals surface area contributed by atoms with Crippen molar-refractivity contribution >= 4 is 11.6 Å². The second-order valence-corrected chi connectivity index (χ2v) is 3.70. The minimum Gasteiger partial charge on any atom is -0.469 e. The molecule has 1 aromatic carbocycles. The fourth-order valence-corrected chi connectivity index (χ4v) is 1.51. The number of benzene rings is 1. The van der Waals surface area contributed by atoms with Crippen LogP contribution in [0.1, 0.15) is 0 Å². The van der Waals surface area contributed by atoms with Gasteiger partial charge in [0.1, 0.15) is 6.10 Å². The van der Waals surface area contributed by atoms with Crippen molar-refractivity contribution in [2.75, 3.05) is 12.0 Å². The highest BCUT2D eigenvalue weighted by molar-refractivity contribution is 5.84. The molecule has 0 amide bonds. The van der Waals surface area contributed by atoms with E-state index in [-0.39, 0.29) is 12.5 Å². The number of nitrogens with one attached hydrogen (secondary N) is 1. The first-order valence-electron chi connectivity index (χ1n) is 5.24. The zero-order chi connectivity index (χ0) is 12.3. The molecule has 1 saturated heterocycles. The van der Waals surface area contributed by atoms with Crippen LogP contribution in [-0.4, -0.2) is 46.1 Å². The van der Waals surface area contributed by atoms with Gasteiger partial charge in [0.05, 0.1) is 12.3 Å². The fourth-order valence-electron chi connectivity index (χ4n) is 1.51. The van der Waals surface area contributed by atoms with Crippen molar-refractivity contribution in [3.8, 4) is 0 Å². The first-order valence-corrected chi connectivity index (χ1v) is 5.24. The van der Waals surface area contributed by atoms with Gasteiger partial charge in [-0.3, -0.25) is 5.43 Å². The van der Waals surface area contributed by atoms with Crippen molar-refractivity contribution in [3.05, 3.63) is 30.3 Å². The standard InChI is InChI=1S/C11H14N2O4/c14-6-8-9(15)10(16)11(17-8)13-12-7-4-2-1-3-5-7/h1-5,8-10,12,14-16H,6H2/t8-,9-,10+/m0/s1. The van der Waals surface area contributed by atoms with Crippen LogP contribution < -0.4 is 5.43 Å². The molecule has 1 aliphatic rings. The van der Waals surface area contributed by atoms with E-state index in [1.54, 1.807) is 12.1 Å². The number of hydrogen-bond acceptors (Lipinski definition) is 6. The molecule has 0 bridgehead atoms. The second kappa shape index (κ2) is 5.13. The quantitative estimate of drug-likeness (QED) is 0.534. The van der Waals surface area contributed by atoms with Crippen molar-refractivity contribution in [2.24, 2.45) is 5.10 Å². The first-order chi connectivity index (χ1) is 8.22. The number of nitrogens with zero attached hydrogens (tertiary/aromatic N) is 1. The molecule has 92 valence electrons. The molecule has 1 heterocycles. The summed E-state index contributed by atoms with van der Waals surface area (Å²) in [5.74, 6) is -0.0274.